The summed E-state index contributed by atoms with van der Waals surface area (Å²) in [4.78, 5) is 0. The Morgan fingerprint density at radius 3 is 2.60 bits per heavy atom. The van der Waals surface area contributed by atoms with Crippen molar-refractivity contribution in [2.24, 2.45) is 0 Å². The maximum atomic E-state index is 8.42. The predicted octanol–water partition coefficient (Wildman–Crippen LogP) is 2.20. The van der Waals surface area contributed by atoms with Crippen molar-refractivity contribution in [2.75, 3.05) is 5.48 Å². The smallest absolute Gasteiger partial charge is 0.116 e. The molecule has 0 aromatic carbocycles. The molecule has 0 spiro atoms. The molecular weight excluding hydrogens is 130 g/mol. The Morgan fingerprint density at radius 2 is 2.30 bits per heavy atom. The number of nitrogens with one attached hydrogen (secondary N) is 1. The van der Waals surface area contributed by atoms with E-state index in [1.54, 1.807) is 6.07 Å². The minimum Gasteiger partial charge on any atom is -0.467 e. The lowest BCUT2D eigenvalue weighted by atomic mass is 10.2. The quantitative estimate of drug-likeness (QED) is 0.620. The first kappa shape index (κ1) is 7.15. The summed E-state index contributed by atoms with van der Waals surface area (Å²) in [5, 5.41) is 8.42. The van der Waals surface area contributed by atoms with E-state index in [0.29, 0.717) is 11.6 Å². The van der Waals surface area contributed by atoms with Gasteiger partial charge in [0.1, 0.15) is 12.0 Å². The molecule has 3 nitrogen and oxygen atoms in total. The van der Waals surface area contributed by atoms with E-state index in [9.17, 15) is 0 Å². The molecule has 0 amide bonds. The van der Waals surface area contributed by atoms with Crippen molar-refractivity contribution in [1.82, 2.24) is 0 Å². The molecule has 3 heteroatoms. The molecule has 56 valence electrons. The molecule has 0 fully saturated rings. The zero-order chi connectivity index (χ0) is 7.56. The van der Waals surface area contributed by atoms with E-state index in [-0.39, 0.29) is 0 Å². The predicted molar refractivity (Wildman–Crippen MR) is 38.2 cm³/mol. The van der Waals surface area contributed by atoms with Gasteiger partial charge in [-0.15, -0.1) is 0 Å². The van der Waals surface area contributed by atoms with Crippen molar-refractivity contribution in [3.63, 3.8) is 0 Å². The normalized spacial score (nSPS) is 10.4. The first-order valence-corrected chi connectivity index (χ1v) is 3.22. The van der Waals surface area contributed by atoms with Crippen molar-refractivity contribution >= 4 is 5.69 Å². The standard InChI is InChI=1S/C7H11NO2/c1-5(2)7-3-6(8-9)4-10-7/h3-5,8-9H,1-2H3. The van der Waals surface area contributed by atoms with Gasteiger partial charge in [0.25, 0.3) is 0 Å². The Labute approximate surface area is 59.6 Å². The fourth-order valence-corrected chi connectivity index (χ4v) is 0.714. The van der Waals surface area contributed by atoms with Crippen molar-refractivity contribution in [2.45, 2.75) is 19.8 Å². The number of furan rings is 1. The third-order valence-corrected chi connectivity index (χ3v) is 1.32. The molecule has 0 unspecified atom stereocenters. The number of anilines is 1. The second-order valence-electron chi connectivity index (χ2n) is 2.50. The molecule has 0 bridgehead atoms. The van der Waals surface area contributed by atoms with Crippen LogP contribution in [0, 0.1) is 0 Å². The molecule has 10 heavy (non-hydrogen) atoms. The van der Waals surface area contributed by atoms with Gasteiger partial charge in [0, 0.05) is 12.0 Å². The largest absolute Gasteiger partial charge is 0.467 e. The third kappa shape index (κ3) is 1.30. The van der Waals surface area contributed by atoms with E-state index >= 15 is 0 Å². The topological polar surface area (TPSA) is 45.4 Å². The SMILES string of the molecule is CC(C)c1cc(NO)co1. The molecule has 1 heterocycles. The van der Waals surface area contributed by atoms with Crippen molar-refractivity contribution in [3.8, 4) is 0 Å². The fourth-order valence-electron chi connectivity index (χ4n) is 0.714. The van der Waals surface area contributed by atoms with Gasteiger partial charge in [0.2, 0.25) is 0 Å². The summed E-state index contributed by atoms with van der Waals surface area (Å²) < 4.78 is 5.09. The van der Waals surface area contributed by atoms with E-state index < -0.39 is 0 Å². The van der Waals surface area contributed by atoms with Gasteiger partial charge in [0.05, 0.1) is 5.69 Å². The van der Waals surface area contributed by atoms with E-state index in [4.69, 9.17) is 9.62 Å². The zero-order valence-electron chi connectivity index (χ0n) is 6.09. The Kier molecular flexibility index (Phi) is 1.97. The van der Waals surface area contributed by atoms with Crippen LogP contribution in [0.15, 0.2) is 16.7 Å². The first-order valence-electron chi connectivity index (χ1n) is 3.22. The second-order valence-corrected chi connectivity index (χ2v) is 2.50. The van der Waals surface area contributed by atoms with Gasteiger partial charge in [-0.1, -0.05) is 13.8 Å². The Morgan fingerprint density at radius 1 is 1.60 bits per heavy atom. The van der Waals surface area contributed by atoms with Crippen LogP contribution in [0.4, 0.5) is 5.69 Å². The lowest BCUT2D eigenvalue weighted by Crippen LogP contribution is -1.85. The summed E-state index contributed by atoms with van der Waals surface area (Å²) in [6.45, 7) is 4.06. The highest BCUT2D eigenvalue weighted by atomic mass is 16.5. The molecule has 0 atom stereocenters. The molecule has 0 aliphatic rings. The molecule has 0 aliphatic heterocycles. The van der Waals surface area contributed by atoms with Crippen LogP contribution < -0.4 is 5.48 Å². The Bertz CT molecular complexity index is 205. The summed E-state index contributed by atoms with van der Waals surface area (Å²) >= 11 is 0. The maximum absolute atomic E-state index is 8.42. The summed E-state index contributed by atoms with van der Waals surface area (Å²) in [6, 6.07) is 1.77. The number of rotatable bonds is 2. The van der Waals surface area contributed by atoms with Crippen LogP contribution in [-0.4, -0.2) is 5.21 Å². The molecule has 1 rings (SSSR count). The van der Waals surface area contributed by atoms with E-state index in [2.05, 4.69) is 0 Å². The van der Waals surface area contributed by atoms with Crippen LogP contribution in [0.2, 0.25) is 0 Å². The Hall–Kier alpha value is -0.960. The van der Waals surface area contributed by atoms with Crippen molar-refractivity contribution in [3.05, 3.63) is 18.1 Å². The average molecular weight is 141 g/mol. The number of hydrogen-bond acceptors (Lipinski definition) is 3. The van der Waals surface area contributed by atoms with Gasteiger partial charge in [0.15, 0.2) is 0 Å². The summed E-state index contributed by atoms with van der Waals surface area (Å²) in [5.74, 6) is 1.23. The van der Waals surface area contributed by atoms with Crippen LogP contribution in [0.25, 0.3) is 0 Å². The maximum Gasteiger partial charge on any atom is 0.116 e. The zero-order valence-corrected chi connectivity index (χ0v) is 6.09. The second kappa shape index (κ2) is 2.75. The molecule has 1 aromatic rings. The van der Waals surface area contributed by atoms with Gasteiger partial charge >= 0.3 is 0 Å². The summed E-state index contributed by atoms with van der Waals surface area (Å²) in [5.41, 5.74) is 2.61. The molecule has 2 N–H and O–H groups in total. The lowest BCUT2D eigenvalue weighted by Gasteiger charge is -1.95. The third-order valence-electron chi connectivity index (χ3n) is 1.32. The van der Waals surface area contributed by atoms with Gasteiger partial charge in [-0.05, 0) is 0 Å². The van der Waals surface area contributed by atoms with Crippen molar-refractivity contribution < 1.29 is 9.62 Å². The van der Waals surface area contributed by atoms with E-state index in [1.807, 2.05) is 19.3 Å². The van der Waals surface area contributed by atoms with Crippen LogP contribution in [0.5, 0.6) is 0 Å². The highest BCUT2D eigenvalue weighted by molar-refractivity contribution is 5.39. The van der Waals surface area contributed by atoms with Gasteiger partial charge in [-0.2, -0.15) is 0 Å². The first-order chi connectivity index (χ1) is 4.74. The highest BCUT2D eigenvalue weighted by Crippen LogP contribution is 2.19. The average Bonchev–Trinajstić information content (AvgIpc) is 2.34. The molecular formula is C7H11NO2. The number of hydrogen-bond donors (Lipinski definition) is 2. The van der Waals surface area contributed by atoms with Gasteiger partial charge in [-0.25, -0.2) is 0 Å². The minimum absolute atomic E-state index is 0.363. The fraction of sp³-hybridized carbons (Fsp3) is 0.429. The van der Waals surface area contributed by atoms with Crippen LogP contribution in [0.1, 0.15) is 25.5 Å². The molecule has 0 aliphatic carbocycles. The van der Waals surface area contributed by atoms with Crippen LogP contribution >= 0.6 is 0 Å². The molecule has 0 saturated heterocycles. The van der Waals surface area contributed by atoms with E-state index in [0.717, 1.165) is 5.76 Å². The monoisotopic (exact) mass is 141 g/mol. The minimum atomic E-state index is 0.363. The molecule has 0 radical (unpaired) electrons. The van der Waals surface area contributed by atoms with Crippen LogP contribution in [-0.2, 0) is 0 Å². The van der Waals surface area contributed by atoms with E-state index in [1.165, 1.54) is 6.26 Å². The van der Waals surface area contributed by atoms with Gasteiger partial charge in [-0.3, -0.25) is 10.7 Å². The molecule has 1 aromatic heterocycles. The van der Waals surface area contributed by atoms with Crippen LogP contribution in [0.3, 0.4) is 0 Å². The summed E-state index contributed by atoms with van der Waals surface area (Å²) in [6.07, 6.45) is 1.48. The van der Waals surface area contributed by atoms with Crippen molar-refractivity contribution in [1.29, 1.82) is 0 Å². The lowest BCUT2D eigenvalue weighted by molar-refractivity contribution is 0.387. The van der Waals surface area contributed by atoms with Gasteiger partial charge < -0.3 is 4.42 Å². The highest BCUT2D eigenvalue weighted by Gasteiger charge is 2.03. The Balaban J connectivity index is 2.78. The molecule has 0 saturated carbocycles. The summed E-state index contributed by atoms with van der Waals surface area (Å²) in [7, 11) is 0.